The van der Waals surface area contributed by atoms with Crippen LogP contribution < -0.4 is 5.32 Å². The number of thiazole rings is 1. The molecular weight excluding hydrogens is 378 g/mol. The SMILES string of the molecule is O=C(Nc1nc(CC(=O)N2CCCC2C(=O)O)cs1)c1cccc(Cl)c1. The summed E-state index contributed by atoms with van der Waals surface area (Å²) in [6.07, 6.45) is 1.16. The average Bonchev–Trinajstić information content (AvgIpc) is 3.24. The molecule has 1 fully saturated rings. The molecule has 0 aliphatic carbocycles. The van der Waals surface area contributed by atoms with Crippen molar-refractivity contribution in [3.05, 3.63) is 45.9 Å². The van der Waals surface area contributed by atoms with Gasteiger partial charge in [-0.1, -0.05) is 17.7 Å². The van der Waals surface area contributed by atoms with Gasteiger partial charge in [-0.2, -0.15) is 0 Å². The number of hydrogen-bond acceptors (Lipinski definition) is 5. The van der Waals surface area contributed by atoms with Crippen molar-refractivity contribution in [2.45, 2.75) is 25.3 Å². The van der Waals surface area contributed by atoms with Gasteiger partial charge in [0.2, 0.25) is 5.91 Å². The lowest BCUT2D eigenvalue weighted by molar-refractivity contribution is -0.148. The monoisotopic (exact) mass is 393 g/mol. The molecule has 0 saturated carbocycles. The Labute approximate surface area is 158 Å². The van der Waals surface area contributed by atoms with Crippen LogP contribution in [0.3, 0.4) is 0 Å². The van der Waals surface area contributed by atoms with Crippen LogP contribution in [0, 0.1) is 0 Å². The van der Waals surface area contributed by atoms with Crippen LogP contribution in [0.1, 0.15) is 28.9 Å². The fourth-order valence-corrected chi connectivity index (χ4v) is 3.72. The van der Waals surface area contributed by atoms with Gasteiger partial charge in [0.1, 0.15) is 6.04 Å². The molecule has 3 rings (SSSR count). The summed E-state index contributed by atoms with van der Waals surface area (Å²) < 4.78 is 0. The van der Waals surface area contributed by atoms with Crippen LogP contribution >= 0.6 is 22.9 Å². The Morgan fingerprint density at radius 1 is 1.38 bits per heavy atom. The average molecular weight is 394 g/mol. The number of carbonyl (C=O) groups is 3. The lowest BCUT2D eigenvalue weighted by atomic mass is 10.2. The third kappa shape index (κ3) is 4.20. The van der Waals surface area contributed by atoms with Gasteiger partial charge in [0.25, 0.3) is 5.91 Å². The van der Waals surface area contributed by atoms with Gasteiger partial charge in [0, 0.05) is 22.5 Å². The summed E-state index contributed by atoms with van der Waals surface area (Å²) in [6.45, 7) is 0.443. The van der Waals surface area contributed by atoms with Crippen molar-refractivity contribution in [2.75, 3.05) is 11.9 Å². The molecule has 0 bridgehead atoms. The van der Waals surface area contributed by atoms with Crippen LogP contribution in [0.25, 0.3) is 0 Å². The second-order valence-electron chi connectivity index (χ2n) is 5.87. The molecule has 9 heteroatoms. The third-order valence-electron chi connectivity index (χ3n) is 4.05. The second kappa shape index (κ2) is 7.84. The van der Waals surface area contributed by atoms with E-state index in [2.05, 4.69) is 10.3 Å². The van der Waals surface area contributed by atoms with E-state index in [9.17, 15) is 14.4 Å². The summed E-state index contributed by atoms with van der Waals surface area (Å²) >= 11 is 7.08. The van der Waals surface area contributed by atoms with Crippen LogP contribution in [-0.4, -0.2) is 45.4 Å². The van der Waals surface area contributed by atoms with Gasteiger partial charge >= 0.3 is 5.97 Å². The van der Waals surface area contributed by atoms with E-state index in [1.807, 2.05) is 0 Å². The molecule has 136 valence electrons. The first-order chi connectivity index (χ1) is 12.4. The number of carboxylic acids is 1. The van der Waals surface area contributed by atoms with Crippen molar-refractivity contribution in [1.82, 2.24) is 9.88 Å². The van der Waals surface area contributed by atoms with Crippen LogP contribution in [0.5, 0.6) is 0 Å². The molecule has 1 aliphatic rings. The minimum Gasteiger partial charge on any atom is -0.480 e. The highest BCUT2D eigenvalue weighted by molar-refractivity contribution is 7.14. The maximum absolute atomic E-state index is 12.3. The number of hydrogen-bond donors (Lipinski definition) is 2. The predicted octanol–water partition coefficient (Wildman–Crippen LogP) is 2.67. The van der Waals surface area contributed by atoms with Gasteiger partial charge in [0.05, 0.1) is 12.1 Å². The number of aliphatic carboxylic acids is 1. The van der Waals surface area contributed by atoms with Gasteiger partial charge in [-0.15, -0.1) is 11.3 Å². The fourth-order valence-electron chi connectivity index (χ4n) is 2.82. The number of nitrogens with one attached hydrogen (secondary N) is 1. The molecule has 0 radical (unpaired) electrons. The van der Waals surface area contributed by atoms with E-state index < -0.39 is 12.0 Å². The highest BCUT2D eigenvalue weighted by Crippen LogP contribution is 2.21. The summed E-state index contributed by atoms with van der Waals surface area (Å²) in [4.78, 5) is 41.3. The third-order valence-corrected chi connectivity index (χ3v) is 5.09. The summed E-state index contributed by atoms with van der Waals surface area (Å²) in [5.74, 6) is -1.60. The van der Waals surface area contributed by atoms with Crippen LogP contribution in [0.4, 0.5) is 5.13 Å². The van der Waals surface area contributed by atoms with E-state index in [4.69, 9.17) is 16.7 Å². The molecule has 1 aliphatic heterocycles. The molecule has 0 spiro atoms. The smallest absolute Gasteiger partial charge is 0.326 e. The number of aromatic nitrogens is 1. The van der Waals surface area contributed by atoms with E-state index in [1.165, 1.54) is 16.2 Å². The molecule has 2 N–H and O–H groups in total. The largest absolute Gasteiger partial charge is 0.480 e. The minimum atomic E-state index is -0.983. The number of likely N-dealkylation sites (tertiary alicyclic amines) is 1. The molecule has 1 atom stereocenters. The zero-order chi connectivity index (χ0) is 18.7. The molecule has 7 nitrogen and oxygen atoms in total. The van der Waals surface area contributed by atoms with Gasteiger partial charge in [-0.3, -0.25) is 14.9 Å². The molecule has 2 heterocycles. The summed E-state index contributed by atoms with van der Waals surface area (Å²) in [7, 11) is 0. The fraction of sp³-hybridized carbons (Fsp3) is 0.294. The topological polar surface area (TPSA) is 99.6 Å². The van der Waals surface area contributed by atoms with Gasteiger partial charge in [-0.25, -0.2) is 9.78 Å². The molecule has 1 saturated heterocycles. The van der Waals surface area contributed by atoms with Crippen molar-refractivity contribution in [3.8, 4) is 0 Å². The van der Waals surface area contributed by atoms with E-state index in [-0.39, 0.29) is 18.2 Å². The first kappa shape index (κ1) is 18.3. The normalized spacial score (nSPS) is 16.5. The highest BCUT2D eigenvalue weighted by Gasteiger charge is 2.33. The predicted molar refractivity (Wildman–Crippen MR) is 97.6 cm³/mol. The first-order valence-corrected chi connectivity index (χ1v) is 9.23. The molecule has 2 aromatic rings. The van der Waals surface area contributed by atoms with E-state index in [0.29, 0.717) is 40.8 Å². The molecule has 1 aromatic heterocycles. The Morgan fingerprint density at radius 2 is 2.19 bits per heavy atom. The maximum atomic E-state index is 12.3. The Bertz CT molecular complexity index is 854. The van der Waals surface area contributed by atoms with Crippen LogP contribution in [0.2, 0.25) is 5.02 Å². The number of carbonyl (C=O) groups excluding carboxylic acids is 2. The van der Waals surface area contributed by atoms with Crippen molar-refractivity contribution >= 4 is 45.9 Å². The Hall–Kier alpha value is -2.45. The number of carboxylic acid groups (broad SMARTS) is 1. The first-order valence-electron chi connectivity index (χ1n) is 7.97. The number of nitrogens with zero attached hydrogens (tertiary/aromatic N) is 2. The Morgan fingerprint density at radius 3 is 2.92 bits per heavy atom. The highest BCUT2D eigenvalue weighted by atomic mass is 35.5. The molecule has 26 heavy (non-hydrogen) atoms. The zero-order valence-electron chi connectivity index (χ0n) is 13.6. The van der Waals surface area contributed by atoms with E-state index in [1.54, 1.807) is 29.6 Å². The number of halogens is 1. The van der Waals surface area contributed by atoms with E-state index >= 15 is 0 Å². The molecule has 1 unspecified atom stereocenters. The van der Waals surface area contributed by atoms with Gasteiger partial charge in [0.15, 0.2) is 5.13 Å². The van der Waals surface area contributed by atoms with E-state index in [0.717, 1.165) is 0 Å². The molecular formula is C17H16ClN3O4S. The number of benzene rings is 1. The van der Waals surface area contributed by atoms with Crippen molar-refractivity contribution in [1.29, 1.82) is 0 Å². The Balaban J connectivity index is 1.62. The maximum Gasteiger partial charge on any atom is 0.326 e. The summed E-state index contributed by atoms with van der Waals surface area (Å²) in [6, 6.07) is 5.78. The minimum absolute atomic E-state index is 0.00726. The van der Waals surface area contributed by atoms with Crippen molar-refractivity contribution < 1.29 is 19.5 Å². The summed E-state index contributed by atoms with van der Waals surface area (Å²) in [5, 5.41) is 14.3. The number of rotatable bonds is 5. The van der Waals surface area contributed by atoms with Gasteiger partial charge < -0.3 is 10.0 Å². The molecule has 1 aromatic carbocycles. The van der Waals surface area contributed by atoms with Crippen molar-refractivity contribution in [3.63, 3.8) is 0 Å². The molecule has 2 amide bonds. The van der Waals surface area contributed by atoms with Crippen LogP contribution in [-0.2, 0) is 16.0 Å². The van der Waals surface area contributed by atoms with Gasteiger partial charge in [-0.05, 0) is 31.0 Å². The Kier molecular flexibility index (Phi) is 5.53. The second-order valence-corrected chi connectivity index (χ2v) is 7.16. The number of amides is 2. The van der Waals surface area contributed by atoms with Crippen LogP contribution in [0.15, 0.2) is 29.6 Å². The zero-order valence-corrected chi connectivity index (χ0v) is 15.2. The lowest BCUT2D eigenvalue weighted by Crippen LogP contribution is -2.41. The number of anilines is 1. The van der Waals surface area contributed by atoms with Crippen molar-refractivity contribution in [2.24, 2.45) is 0 Å². The standard InChI is InChI=1S/C17H16ClN3O4S/c18-11-4-1-3-10(7-11)15(23)20-17-19-12(9-26-17)8-14(22)21-6-2-5-13(21)16(24)25/h1,3-4,7,9,13H,2,5-6,8H2,(H,24,25)(H,19,20,23). The summed E-state index contributed by atoms with van der Waals surface area (Å²) in [5.41, 5.74) is 0.907. The lowest BCUT2D eigenvalue weighted by Gasteiger charge is -2.20. The quantitative estimate of drug-likeness (QED) is 0.813.